The second-order valence-electron chi connectivity index (χ2n) is 3.68. The summed E-state index contributed by atoms with van der Waals surface area (Å²) in [6.45, 7) is 5.01. The van der Waals surface area contributed by atoms with Crippen LogP contribution in [0.3, 0.4) is 0 Å². The standard InChI is InChI=1S/C11H18O3/c1-10(12)6-4-3-5-7-11(2)13-8-9-14-11/h10,12H,3,5,7-9H2,1-2H3. The first kappa shape index (κ1) is 11.5. The summed E-state index contributed by atoms with van der Waals surface area (Å²) in [4.78, 5) is 0. The van der Waals surface area contributed by atoms with Crippen molar-refractivity contribution in [2.45, 2.75) is 45.0 Å². The second kappa shape index (κ2) is 5.35. The lowest BCUT2D eigenvalue weighted by Crippen LogP contribution is -2.24. The van der Waals surface area contributed by atoms with Gasteiger partial charge in [-0.1, -0.05) is 5.92 Å². The van der Waals surface area contributed by atoms with Crippen LogP contribution in [0.15, 0.2) is 0 Å². The average Bonchev–Trinajstić information content (AvgIpc) is 2.51. The van der Waals surface area contributed by atoms with Crippen molar-refractivity contribution in [2.75, 3.05) is 13.2 Å². The van der Waals surface area contributed by atoms with Gasteiger partial charge in [0, 0.05) is 12.8 Å². The highest BCUT2D eigenvalue weighted by atomic mass is 16.7. The van der Waals surface area contributed by atoms with E-state index in [1.807, 2.05) is 6.92 Å². The Morgan fingerprint density at radius 1 is 1.43 bits per heavy atom. The molecule has 3 heteroatoms. The summed E-state index contributed by atoms with van der Waals surface area (Å²) < 4.78 is 10.9. The molecule has 0 aromatic rings. The summed E-state index contributed by atoms with van der Waals surface area (Å²) in [6.07, 6.45) is 2.06. The van der Waals surface area contributed by atoms with Gasteiger partial charge in [0.2, 0.25) is 0 Å². The lowest BCUT2D eigenvalue weighted by Gasteiger charge is -2.21. The molecule has 1 aliphatic rings. The van der Waals surface area contributed by atoms with Crippen molar-refractivity contribution in [3.63, 3.8) is 0 Å². The van der Waals surface area contributed by atoms with Gasteiger partial charge in [-0.15, -0.1) is 5.92 Å². The zero-order valence-electron chi connectivity index (χ0n) is 8.88. The molecule has 1 heterocycles. The van der Waals surface area contributed by atoms with Crippen LogP contribution in [0.5, 0.6) is 0 Å². The topological polar surface area (TPSA) is 38.7 Å². The van der Waals surface area contributed by atoms with Crippen LogP contribution < -0.4 is 0 Å². The van der Waals surface area contributed by atoms with E-state index in [-0.39, 0.29) is 0 Å². The third-order valence-corrected chi connectivity index (χ3v) is 2.14. The minimum atomic E-state index is -0.524. The Bertz CT molecular complexity index is 218. The molecular weight excluding hydrogens is 180 g/mol. The minimum Gasteiger partial charge on any atom is -0.381 e. The van der Waals surface area contributed by atoms with Crippen LogP contribution in [-0.4, -0.2) is 30.2 Å². The largest absolute Gasteiger partial charge is 0.381 e. The van der Waals surface area contributed by atoms with Crippen molar-refractivity contribution in [2.24, 2.45) is 0 Å². The van der Waals surface area contributed by atoms with Crippen molar-refractivity contribution in [3.8, 4) is 11.8 Å². The van der Waals surface area contributed by atoms with E-state index in [1.54, 1.807) is 6.92 Å². The van der Waals surface area contributed by atoms with E-state index >= 15 is 0 Å². The first-order valence-electron chi connectivity index (χ1n) is 5.07. The Balaban J connectivity index is 2.12. The summed E-state index contributed by atoms with van der Waals surface area (Å²) in [7, 11) is 0. The van der Waals surface area contributed by atoms with E-state index in [1.165, 1.54) is 0 Å². The highest BCUT2D eigenvalue weighted by Crippen LogP contribution is 2.24. The van der Waals surface area contributed by atoms with Crippen molar-refractivity contribution >= 4 is 0 Å². The highest BCUT2D eigenvalue weighted by Gasteiger charge is 2.29. The molecule has 0 aromatic heterocycles. The first-order valence-corrected chi connectivity index (χ1v) is 5.07. The van der Waals surface area contributed by atoms with Crippen LogP contribution in [0.1, 0.15) is 33.1 Å². The summed E-state index contributed by atoms with van der Waals surface area (Å²) in [5.74, 6) is 5.23. The maximum absolute atomic E-state index is 8.89. The summed E-state index contributed by atoms with van der Waals surface area (Å²) >= 11 is 0. The predicted molar refractivity (Wildman–Crippen MR) is 53.6 cm³/mol. The Kier molecular flexibility index (Phi) is 4.40. The van der Waals surface area contributed by atoms with Gasteiger partial charge in [-0.3, -0.25) is 0 Å². The Labute approximate surface area is 85.4 Å². The van der Waals surface area contributed by atoms with Gasteiger partial charge in [0.1, 0.15) is 6.10 Å². The number of aliphatic hydroxyl groups is 1. The van der Waals surface area contributed by atoms with E-state index in [9.17, 15) is 0 Å². The predicted octanol–water partition coefficient (Wildman–Crippen LogP) is 1.30. The van der Waals surface area contributed by atoms with Gasteiger partial charge < -0.3 is 14.6 Å². The van der Waals surface area contributed by atoms with Crippen LogP contribution in [0, 0.1) is 11.8 Å². The van der Waals surface area contributed by atoms with Crippen LogP contribution in [0.2, 0.25) is 0 Å². The molecule has 1 atom stereocenters. The molecule has 14 heavy (non-hydrogen) atoms. The normalized spacial score (nSPS) is 21.4. The lowest BCUT2D eigenvalue weighted by atomic mass is 10.1. The molecule has 1 N–H and O–H groups in total. The number of ether oxygens (including phenoxy) is 2. The van der Waals surface area contributed by atoms with Gasteiger partial charge in [0.15, 0.2) is 5.79 Å². The zero-order valence-corrected chi connectivity index (χ0v) is 8.88. The van der Waals surface area contributed by atoms with Gasteiger partial charge in [0.25, 0.3) is 0 Å². The molecule has 80 valence electrons. The van der Waals surface area contributed by atoms with Crippen molar-refractivity contribution < 1.29 is 14.6 Å². The molecular formula is C11H18O3. The molecule has 0 spiro atoms. The van der Waals surface area contributed by atoms with Crippen molar-refractivity contribution in [3.05, 3.63) is 0 Å². The van der Waals surface area contributed by atoms with Crippen LogP contribution >= 0.6 is 0 Å². The maximum atomic E-state index is 8.89. The van der Waals surface area contributed by atoms with E-state index < -0.39 is 11.9 Å². The fraction of sp³-hybridized carbons (Fsp3) is 0.818. The number of hydrogen-bond donors (Lipinski definition) is 1. The molecule has 0 bridgehead atoms. The number of rotatable bonds is 3. The second-order valence-corrected chi connectivity index (χ2v) is 3.68. The summed E-state index contributed by atoms with van der Waals surface area (Å²) in [6, 6.07) is 0. The van der Waals surface area contributed by atoms with Gasteiger partial charge in [-0.05, 0) is 20.3 Å². The molecule has 0 saturated carbocycles. The monoisotopic (exact) mass is 198 g/mol. The average molecular weight is 198 g/mol. The van der Waals surface area contributed by atoms with Crippen LogP contribution in [-0.2, 0) is 9.47 Å². The number of hydrogen-bond acceptors (Lipinski definition) is 3. The zero-order chi connectivity index (χ0) is 10.4. The van der Waals surface area contributed by atoms with Gasteiger partial charge in [-0.25, -0.2) is 0 Å². The molecule has 3 nitrogen and oxygen atoms in total. The Hall–Kier alpha value is -0.560. The molecule has 0 aliphatic carbocycles. The molecule has 0 radical (unpaired) electrons. The SMILES string of the molecule is CC(O)C#CCCCC1(C)OCCO1. The van der Waals surface area contributed by atoms with Crippen LogP contribution in [0.4, 0.5) is 0 Å². The third kappa shape index (κ3) is 4.10. The first-order chi connectivity index (χ1) is 6.62. The van der Waals surface area contributed by atoms with Gasteiger partial charge >= 0.3 is 0 Å². The Morgan fingerprint density at radius 2 is 2.07 bits per heavy atom. The smallest absolute Gasteiger partial charge is 0.165 e. The quantitative estimate of drug-likeness (QED) is 0.549. The number of aliphatic hydroxyl groups excluding tert-OH is 1. The number of unbranched alkanes of at least 4 members (excludes halogenated alkanes) is 1. The van der Waals surface area contributed by atoms with Gasteiger partial charge in [0.05, 0.1) is 13.2 Å². The van der Waals surface area contributed by atoms with Crippen LogP contribution in [0.25, 0.3) is 0 Å². The van der Waals surface area contributed by atoms with E-state index in [4.69, 9.17) is 14.6 Å². The molecule has 1 aliphatic heterocycles. The fourth-order valence-electron chi connectivity index (χ4n) is 1.42. The molecule has 1 fully saturated rings. The van der Waals surface area contributed by atoms with E-state index in [2.05, 4.69) is 11.8 Å². The van der Waals surface area contributed by atoms with Crippen molar-refractivity contribution in [1.29, 1.82) is 0 Å². The molecule has 1 unspecified atom stereocenters. The summed E-state index contributed by atoms with van der Waals surface area (Å²) in [5, 5.41) is 8.89. The molecule has 0 amide bonds. The van der Waals surface area contributed by atoms with Crippen molar-refractivity contribution in [1.82, 2.24) is 0 Å². The van der Waals surface area contributed by atoms with E-state index in [0.717, 1.165) is 19.3 Å². The minimum absolute atomic E-state index is 0.396. The third-order valence-electron chi connectivity index (χ3n) is 2.14. The molecule has 1 saturated heterocycles. The van der Waals surface area contributed by atoms with E-state index in [0.29, 0.717) is 13.2 Å². The Morgan fingerprint density at radius 3 is 2.64 bits per heavy atom. The maximum Gasteiger partial charge on any atom is 0.165 e. The summed E-state index contributed by atoms with van der Waals surface area (Å²) in [5.41, 5.74) is 0. The highest BCUT2D eigenvalue weighted by molar-refractivity contribution is 5.02. The lowest BCUT2D eigenvalue weighted by molar-refractivity contribution is -0.147. The molecule has 0 aromatic carbocycles. The van der Waals surface area contributed by atoms with Gasteiger partial charge in [-0.2, -0.15) is 0 Å². The molecule has 1 rings (SSSR count). The fourth-order valence-corrected chi connectivity index (χ4v) is 1.42.